The van der Waals surface area contributed by atoms with E-state index < -0.39 is 0 Å². The van der Waals surface area contributed by atoms with Crippen molar-refractivity contribution in [1.29, 1.82) is 5.26 Å². The van der Waals surface area contributed by atoms with Crippen molar-refractivity contribution in [3.8, 4) is 11.1 Å². The van der Waals surface area contributed by atoms with Gasteiger partial charge in [0.15, 0.2) is 0 Å². The molecule has 0 aliphatic rings. The van der Waals surface area contributed by atoms with Gasteiger partial charge in [-0.05, 0) is 18.2 Å². The molecule has 0 N–H and O–H groups in total. The van der Waals surface area contributed by atoms with E-state index in [2.05, 4.69) is 6.07 Å². The predicted molar refractivity (Wildman–Crippen MR) is 48.4 cm³/mol. The standard InChI is InChI=1S/C9H6N2S/c10-6-8-5-9(12-7-8)11-3-1-2-4-11/h1-5,7H. The monoisotopic (exact) mass is 174 g/mol. The molecule has 2 aromatic rings. The fraction of sp³-hybridized carbons (Fsp3) is 0. The summed E-state index contributed by atoms with van der Waals surface area (Å²) in [6, 6.07) is 7.91. The second kappa shape index (κ2) is 2.84. The minimum Gasteiger partial charge on any atom is -0.315 e. The van der Waals surface area contributed by atoms with Gasteiger partial charge in [0.2, 0.25) is 0 Å². The second-order valence-electron chi connectivity index (χ2n) is 2.38. The minimum atomic E-state index is 0.726. The fourth-order valence-corrected chi connectivity index (χ4v) is 1.81. The highest BCUT2D eigenvalue weighted by atomic mass is 32.1. The molecule has 2 heterocycles. The molecule has 0 saturated heterocycles. The molecule has 2 nitrogen and oxygen atoms in total. The summed E-state index contributed by atoms with van der Waals surface area (Å²) in [5.41, 5.74) is 0.726. The van der Waals surface area contributed by atoms with Crippen LogP contribution in [0.1, 0.15) is 5.56 Å². The van der Waals surface area contributed by atoms with Gasteiger partial charge < -0.3 is 4.57 Å². The van der Waals surface area contributed by atoms with Gasteiger partial charge in [-0.15, -0.1) is 11.3 Å². The van der Waals surface area contributed by atoms with Crippen molar-refractivity contribution in [1.82, 2.24) is 4.57 Å². The Labute approximate surface area is 74.3 Å². The lowest BCUT2D eigenvalue weighted by atomic mass is 10.4. The van der Waals surface area contributed by atoms with Crippen LogP contribution in [0.5, 0.6) is 0 Å². The number of rotatable bonds is 1. The minimum absolute atomic E-state index is 0.726. The van der Waals surface area contributed by atoms with Crippen molar-refractivity contribution in [2.24, 2.45) is 0 Å². The summed E-state index contributed by atoms with van der Waals surface area (Å²) in [7, 11) is 0. The van der Waals surface area contributed by atoms with Gasteiger partial charge in [0.05, 0.1) is 5.56 Å². The third kappa shape index (κ3) is 1.13. The lowest BCUT2D eigenvalue weighted by molar-refractivity contribution is 1.11. The van der Waals surface area contributed by atoms with Crippen molar-refractivity contribution in [3.05, 3.63) is 41.5 Å². The summed E-state index contributed by atoms with van der Waals surface area (Å²) in [6.45, 7) is 0. The molecule has 0 radical (unpaired) electrons. The first-order valence-corrected chi connectivity index (χ1v) is 4.40. The normalized spacial score (nSPS) is 9.58. The molecule has 0 unspecified atom stereocenters. The fourth-order valence-electron chi connectivity index (χ4n) is 1.00. The van der Waals surface area contributed by atoms with Crippen molar-refractivity contribution in [2.75, 3.05) is 0 Å². The first kappa shape index (κ1) is 7.14. The predicted octanol–water partition coefficient (Wildman–Crippen LogP) is 2.41. The summed E-state index contributed by atoms with van der Waals surface area (Å²) in [6.07, 6.45) is 3.93. The molecule has 0 aromatic carbocycles. The molecule has 58 valence electrons. The molecule has 2 aromatic heterocycles. The molecule has 0 atom stereocenters. The Kier molecular flexibility index (Phi) is 1.69. The van der Waals surface area contributed by atoms with Gasteiger partial charge in [0.25, 0.3) is 0 Å². The van der Waals surface area contributed by atoms with Crippen molar-refractivity contribution in [3.63, 3.8) is 0 Å². The van der Waals surface area contributed by atoms with Crippen molar-refractivity contribution in [2.45, 2.75) is 0 Å². The van der Waals surface area contributed by atoms with Gasteiger partial charge in [0, 0.05) is 17.8 Å². The Morgan fingerprint density at radius 1 is 1.33 bits per heavy atom. The molecule has 0 fully saturated rings. The molecule has 0 saturated carbocycles. The van der Waals surface area contributed by atoms with Gasteiger partial charge >= 0.3 is 0 Å². The third-order valence-corrected chi connectivity index (χ3v) is 2.52. The molecule has 0 spiro atoms. The van der Waals surface area contributed by atoms with Gasteiger partial charge in [0.1, 0.15) is 11.1 Å². The summed E-state index contributed by atoms with van der Waals surface area (Å²) in [4.78, 5) is 0. The van der Waals surface area contributed by atoms with Crippen LogP contribution in [0.4, 0.5) is 0 Å². The van der Waals surface area contributed by atoms with Crippen LogP contribution < -0.4 is 0 Å². The highest BCUT2D eigenvalue weighted by molar-refractivity contribution is 7.12. The van der Waals surface area contributed by atoms with Gasteiger partial charge in [-0.1, -0.05) is 0 Å². The van der Waals surface area contributed by atoms with Crippen LogP contribution in [0, 0.1) is 11.3 Å². The van der Waals surface area contributed by atoms with E-state index in [1.165, 1.54) is 0 Å². The zero-order chi connectivity index (χ0) is 8.39. The second-order valence-corrected chi connectivity index (χ2v) is 3.27. The maximum atomic E-state index is 8.60. The molecular formula is C9H6N2S. The van der Waals surface area contributed by atoms with Gasteiger partial charge in [-0.2, -0.15) is 5.26 Å². The molecule has 0 aliphatic carbocycles. The van der Waals surface area contributed by atoms with E-state index in [1.54, 1.807) is 11.3 Å². The topological polar surface area (TPSA) is 28.7 Å². The number of nitrogens with zero attached hydrogens (tertiary/aromatic N) is 2. The van der Waals surface area contributed by atoms with E-state index in [4.69, 9.17) is 5.26 Å². The number of hydrogen-bond acceptors (Lipinski definition) is 2. The Morgan fingerprint density at radius 2 is 2.08 bits per heavy atom. The number of aromatic nitrogens is 1. The summed E-state index contributed by atoms with van der Waals surface area (Å²) in [5, 5.41) is 11.5. The Hall–Kier alpha value is -1.53. The first-order chi connectivity index (χ1) is 5.90. The Balaban J connectivity index is 2.44. The number of thiophene rings is 1. The van der Waals surface area contributed by atoms with Gasteiger partial charge in [-0.25, -0.2) is 0 Å². The highest BCUT2D eigenvalue weighted by Gasteiger charge is 1.98. The lowest BCUT2D eigenvalue weighted by Gasteiger charge is -1.93. The molecule has 3 heteroatoms. The van der Waals surface area contributed by atoms with Crippen molar-refractivity contribution >= 4 is 11.3 Å². The Morgan fingerprint density at radius 3 is 2.67 bits per heavy atom. The van der Waals surface area contributed by atoms with E-state index in [0.717, 1.165) is 10.6 Å². The SMILES string of the molecule is N#Cc1csc(-n2cccc2)c1. The van der Waals surface area contributed by atoms with Gasteiger partial charge in [-0.3, -0.25) is 0 Å². The lowest BCUT2D eigenvalue weighted by Crippen LogP contribution is -1.82. The van der Waals surface area contributed by atoms with E-state index in [0.29, 0.717) is 0 Å². The van der Waals surface area contributed by atoms with E-state index in [-0.39, 0.29) is 0 Å². The van der Waals surface area contributed by atoms with E-state index in [9.17, 15) is 0 Å². The van der Waals surface area contributed by atoms with Crippen LogP contribution in [0.15, 0.2) is 36.0 Å². The van der Waals surface area contributed by atoms with Crippen molar-refractivity contribution < 1.29 is 0 Å². The molecule has 0 bridgehead atoms. The number of hydrogen-bond donors (Lipinski definition) is 0. The quantitative estimate of drug-likeness (QED) is 0.652. The maximum Gasteiger partial charge on any atom is 0.100 e. The van der Waals surface area contributed by atoms with Crippen LogP contribution in [-0.2, 0) is 0 Å². The molecule has 12 heavy (non-hydrogen) atoms. The smallest absolute Gasteiger partial charge is 0.100 e. The summed E-state index contributed by atoms with van der Waals surface area (Å²) < 4.78 is 1.99. The first-order valence-electron chi connectivity index (χ1n) is 3.52. The summed E-state index contributed by atoms with van der Waals surface area (Å²) in [5.74, 6) is 0. The average Bonchev–Trinajstić information content (AvgIpc) is 2.75. The largest absolute Gasteiger partial charge is 0.315 e. The molecule has 0 aliphatic heterocycles. The van der Waals surface area contributed by atoms with E-state index in [1.807, 2.05) is 40.5 Å². The maximum absolute atomic E-state index is 8.60. The Bertz CT molecular complexity index is 406. The highest BCUT2D eigenvalue weighted by Crippen LogP contribution is 2.18. The molecule has 2 rings (SSSR count). The average molecular weight is 174 g/mol. The van der Waals surface area contributed by atoms with Crippen LogP contribution in [0.25, 0.3) is 5.00 Å². The molecule has 0 amide bonds. The van der Waals surface area contributed by atoms with E-state index >= 15 is 0 Å². The van der Waals surface area contributed by atoms with Crippen LogP contribution in [0.3, 0.4) is 0 Å². The zero-order valence-electron chi connectivity index (χ0n) is 6.27. The van der Waals surface area contributed by atoms with Crippen LogP contribution in [0.2, 0.25) is 0 Å². The third-order valence-electron chi connectivity index (χ3n) is 1.57. The van der Waals surface area contributed by atoms with Crippen LogP contribution >= 0.6 is 11.3 Å². The van der Waals surface area contributed by atoms with Crippen LogP contribution in [-0.4, -0.2) is 4.57 Å². The zero-order valence-corrected chi connectivity index (χ0v) is 7.08. The molecular weight excluding hydrogens is 168 g/mol. The summed E-state index contributed by atoms with van der Waals surface area (Å²) >= 11 is 1.57. The number of nitriles is 1.